The number of nitrogens with one attached hydrogen (secondary N) is 1. The summed E-state index contributed by atoms with van der Waals surface area (Å²) in [6.45, 7) is 7.50. The topological polar surface area (TPSA) is 75.7 Å². The molecule has 0 radical (unpaired) electrons. The van der Waals surface area contributed by atoms with E-state index in [2.05, 4.69) is 38.2 Å². The summed E-state index contributed by atoms with van der Waals surface area (Å²) >= 11 is 0. The number of imide groups is 1. The predicted molar refractivity (Wildman–Crippen MR) is 114 cm³/mol. The van der Waals surface area contributed by atoms with E-state index >= 15 is 0 Å². The van der Waals surface area contributed by atoms with Crippen LogP contribution in [0.15, 0.2) is 48.5 Å². The maximum Gasteiger partial charge on any atom is 0.251 e. The van der Waals surface area contributed by atoms with Gasteiger partial charge in [-0.1, -0.05) is 45.0 Å². The van der Waals surface area contributed by atoms with E-state index in [0.717, 1.165) is 11.3 Å². The van der Waals surface area contributed by atoms with Gasteiger partial charge in [0.05, 0.1) is 13.1 Å². The lowest BCUT2D eigenvalue weighted by atomic mass is 9.87. The van der Waals surface area contributed by atoms with Gasteiger partial charge in [-0.3, -0.25) is 19.3 Å². The van der Waals surface area contributed by atoms with Crippen molar-refractivity contribution in [3.8, 4) is 5.75 Å². The molecule has 6 nitrogen and oxygen atoms in total. The minimum atomic E-state index is -0.193. The summed E-state index contributed by atoms with van der Waals surface area (Å²) in [5.41, 5.74) is 2.68. The molecule has 1 aliphatic rings. The molecule has 0 aromatic heterocycles. The number of hydrogen-bond donors (Lipinski definition) is 1. The first-order valence-corrected chi connectivity index (χ1v) is 10.2. The molecule has 1 fully saturated rings. The predicted octanol–water partition coefficient (Wildman–Crippen LogP) is 3.44. The van der Waals surface area contributed by atoms with Gasteiger partial charge in [0.15, 0.2) is 0 Å². The second-order valence-corrected chi connectivity index (χ2v) is 8.45. The lowest BCUT2D eigenvalue weighted by Crippen LogP contribution is -2.29. The number of likely N-dealkylation sites (tertiary alicyclic amines) is 1. The summed E-state index contributed by atoms with van der Waals surface area (Å²) in [6.07, 6.45) is 0.560. The van der Waals surface area contributed by atoms with Crippen LogP contribution in [0.1, 0.15) is 55.1 Å². The maximum atomic E-state index is 12.3. The molecule has 1 aliphatic heterocycles. The average molecular weight is 408 g/mol. The van der Waals surface area contributed by atoms with E-state index in [1.165, 1.54) is 10.5 Å². The van der Waals surface area contributed by atoms with Crippen molar-refractivity contribution in [2.24, 2.45) is 0 Å². The fraction of sp³-hybridized carbons (Fsp3) is 0.375. The number of carbonyl (C=O) groups is 3. The number of amides is 3. The Morgan fingerprint density at radius 2 is 1.57 bits per heavy atom. The van der Waals surface area contributed by atoms with Crippen LogP contribution in [0.5, 0.6) is 5.75 Å². The van der Waals surface area contributed by atoms with Crippen LogP contribution in [-0.2, 0) is 21.5 Å². The molecule has 2 aromatic rings. The van der Waals surface area contributed by atoms with Crippen LogP contribution >= 0.6 is 0 Å². The molecule has 6 heteroatoms. The molecule has 1 heterocycles. The van der Waals surface area contributed by atoms with Gasteiger partial charge in [-0.2, -0.15) is 0 Å². The molecule has 158 valence electrons. The molecule has 0 spiro atoms. The third kappa shape index (κ3) is 5.47. The van der Waals surface area contributed by atoms with Crippen LogP contribution in [0, 0.1) is 0 Å². The second-order valence-electron chi connectivity index (χ2n) is 8.45. The quantitative estimate of drug-likeness (QED) is 0.562. The van der Waals surface area contributed by atoms with Gasteiger partial charge in [0, 0.05) is 18.4 Å². The van der Waals surface area contributed by atoms with Crippen LogP contribution in [0.3, 0.4) is 0 Å². The van der Waals surface area contributed by atoms with E-state index in [9.17, 15) is 14.4 Å². The van der Waals surface area contributed by atoms with Crippen molar-refractivity contribution in [3.05, 3.63) is 65.2 Å². The highest BCUT2D eigenvalue weighted by atomic mass is 16.5. The number of carbonyl (C=O) groups excluding carboxylic acids is 3. The Kier molecular flexibility index (Phi) is 6.55. The highest BCUT2D eigenvalue weighted by Gasteiger charge is 2.28. The van der Waals surface area contributed by atoms with E-state index in [0.29, 0.717) is 18.7 Å². The fourth-order valence-electron chi connectivity index (χ4n) is 3.23. The molecule has 0 saturated carbocycles. The fourth-order valence-corrected chi connectivity index (χ4v) is 3.23. The first kappa shape index (κ1) is 21.6. The zero-order chi connectivity index (χ0) is 21.7. The summed E-state index contributed by atoms with van der Waals surface area (Å²) in [5, 5.41) is 2.83. The van der Waals surface area contributed by atoms with Crippen molar-refractivity contribution in [2.45, 2.75) is 45.6 Å². The van der Waals surface area contributed by atoms with Gasteiger partial charge < -0.3 is 10.1 Å². The van der Waals surface area contributed by atoms with Crippen molar-refractivity contribution in [3.63, 3.8) is 0 Å². The first-order valence-electron chi connectivity index (χ1n) is 10.2. The van der Waals surface area contributed by atoms with Crippen molar-refractivity contribution >= 4 is 17.7 Å². The van der Waals surface area contributed by atoms with E-state index in [1.807, 2.05) is 12.1 Å². The minimum absolute atomic E-state index is 0.0988. The summed E-state index contributed by atoms with van der Waals surface area (Å²) in [5.74, 6) is 0.291. The first-order chi connectivity index (χ1) is 14.2. The smallest absolute Gasteiger partial charge is 0.251 e. The van der Waals surface area contributed by atoms with E-state index in [1.54, 1.807) is 24.3 Å². The molecule has 30 heavy (non-hydrogen) atoms. The van der Waals surface area contributed by atoms with Crippen LogP contribution in [0.4, 0.5) is 0 Å². The number of nitrogens with zero attached hydrogens (tertiary/aromatic N) is 1. The van der Waals surface area contributed by atoms with Gasteiger partial charge in [-0.05, 0) is 40.8 Å². The minimum Gasteiger partial charge on any atom is -0.492 e. The number of benzene rings is 2. The van der Waals surface area contributed by atoms with Gasteiger partial charge >= 0.3 is 0 Å². The van der Waals surface area contributed by atoms with Gasteiger partial charge in [0.2, 0.25) is 11.8 Å². The third-order valence-corrected chi connectivity index (χ3v) is 5.09. The van der Waals surface area contributed by atoms with Crippen LogP contribution in [0.25, 0.3) is 0 Å². The Labute approximate surface area is 177 Å². The molecule has 0 atom stereocenters. The van der Waals surface area contributed by atoms with Crippen LogP contribution in [-0.4, -0.2) is 35.8 Å². The Hall–Kier alpha value is -3.15. The zero-order valence-corrected chi connectivity index (χ0v) is 17.7. The summed E-state index contributed by atoms with van der Waals surface area (Å²) in [4.78, 5) is 37.0. The maximum absolute atomic E-state index is 12.3. The standard InChI is InChI=1S/C24H28N2O4/c1-24(2,3)19-8-10-20(11-9-19)30-15-14-25-23(29)18-6-4-17(5-7-18)16-26-21(27)12-13-22(26)28/h4-11H,12-16H2,1-3H3,(H,25,29). The Bertz CT molecular complexity index is 896. The average Bonchev–Trinajstić information content (AvgIpc) is 3.03. The van der Waals surface area contributed by atoms with Crippen LogP contribution < -0.4 is 10.1 Å². The highest BCUT2D eigenvalue weighted by Crippen LogP contribution is 2.24. The molecule has 3 amide bonds. The Morgan fingerprint density at radius 1 is 0.967 bits per heavy atom. The Morgan fingerprint density at radius 3 is 2.13 bits per heavy atom. The van der Waals surface area contributed by atoms with Crippen molar-refractivity contribution in [2.75, 3.05) is 13.2 Å². The monoisotopic (exact) mass is 408 g/mol. The van der Waals surface area contributed by atoms with Gasteiger partial charge in [-0.15, -0.1) is 0 Å². The number of hydrogen-bond acceptors (Lipinski definition) is 4. The lowest BCUT2D eigenvalue weighted by molar-refractivity contribution is -0.139. The number of rotatable bonds is 7. The molecule has 1 N–H and O–H groups in total. The number of ether oxygens (including phenoxy) is 1. The Balaban J connectivity index is 1.43. The SMILES string of the molecule is CC(C)(C)c1ccc(OCCNC(=O)c2ccc(CN3C(=O)CCC3=O)cc2)cc1. The van der Waals surface area contributed by atoms with E-state index in [-0.39, 0.29) is 42.5 Å². The molecular weight excluding hydrogens is 380 g/mol. The van der Waals surface area contributed by atoms with Crippen molar-refractivity contribution in [1.82, 2.24) is 10.2 Å². The summed E-state index contributed by atoms with van der Waals surface area (Å²) < 4.78 is 5.69. The van der Waals surface area contributed by atoms with Crippen LogP contribution in [0.2, 0.25) is 0 Å². The highest BCUT2D eigenvalue weighted by molar-refractivity contribution is 6.01. The van der Waals surface area contributed by atoms with E-state index in [4.69, 9.17) is 4.74 Å². The van der Waals surface area contributed by atoms with Gasteiger partial charge in [0.1, 0.15) is 12.4 Å². The molecule has 0 bridgehead atoms. The van der Waals surface area contributed by atoms with Crippen molar-refractivity contribution in [1.29, 1.82) is 0 Å². The summed E-state index contributed by atoms with van der Waals surface area (Å²) in [7, 11) is 0. The zero-order valence-electron chi connectivity index (χ0n) is 17.7. The molecule has 0 unspecified atom stereocenters. The second kappa shape index (κ2) is 9.11. The van der Waals surface area contributed by atoms with Gasteiger partial charge in [0.25, 0.3) is 5.91 Å². The molecule has 1 saturated heterocycles. The third-order valence-electron chi connectivity index (χ3n) is 5.09. The molecule has 2 aromatic carbocycles. The van der Waals surface area contributed by atoms with Crippen molar-refractivity contribution < 1.29 is 19.1 Å². The molecular formula is C24H28N2O4. The molecule has 3 rings (SSSR count). The normalized spacial score (nSPS) is 14.2. The summed E-state index contributed by atoms with van der Waals surface area (Å²) in [6, 6.07) is 14.9. The van der Waals surface area contributed by atoms with Gasteiger partial charge in [-0.25, -0.2) is 0 Å². The van der Waals surface area contributed by atoms with E-state index < -0.39 is 0 Å². The molecule has 0 aliphatic carbocycles. The largest absolute Gasteiger partial charge is 0.492 e. The lowest BCUT2D eigenvalue weighted by Gasteiger charge is -2.19.